The Balaban J connectivity index is 2.35. The molecule has 1 amide bonds. The third-order valence-electron chi connectivity index (χ3n) is 3.50. The second-order valence-corrected chi connectivity index (χ2v) is 6.03. The molecular formula is C15H21N3O3S. The molecule has 0 aromatic carbocycles. The molecule has 0 radical (unpaired) electrons. The molecule has 2 heterocycles. The summed E-state index contributed by atoms with van der Waals surface area (Å²) in [5.74, 6) is -0.306. The lowest BCUT2D eigenvalue weighted by molar-refractivity contribution is 0.0740. The summed E-state index contributed by atoms with van der Waals surface area (Å²) in [4.78, 5) is 31.6. The van der Waals surface area contributed by atoms with E-state index < -0.39 is 0 Å². The van der Waals surface area contributed by atoms with E-state index in [1.54, 1.807) is 4.90 Å². The number of carbonyl (C=O) groups is 1. The van der Waals surface area contributed by atoms with Gasteiger partial charge in [0.1, 0.15) is 5.56 Å². The van der Waals surface area contributed by atoms with E-state index in [-0.39, 0.29) is 23.6 Å². The average Bonchev–Trinajstić information content (AvgIpc) is 2.89. The number of hydrogen-bond acceptors (Lipinski definition) is 5. The molecular weight excluding hydrogens is 302 g/mol. The summed E-state index contributed by atoms with van der Waals surface area (Å²) in [6.45, 7) is 4.92. The summed E-state index contributed by atoms with van der Waals surface area (Å²) in [5.41, 5.74) is 0.551. The zero-order valence-corrected chi connectivity index (χ0v) is 13.7. The van der Waals surface area contributed by atoms with Crippen molar-refractivity contribution in [1.82, 2.24) is 14.3 Å². The van der Waals surface area contributed by atoms with Crippen LogP contribution in [0.1, 0.15) is 42.2 Å². The van der Waals surface area contributed by atoms with Gasteiger partial charge < -0.3 is 10.0 Å². The van der Waals surface area contributed by atoms with E-state index >= 15 is 0 Å². The highest BCUT2D eigenvalue weighted by Crippen LogP contribution is 2.12. The van der Waals surface area contributed by atoms with Crippen LogP contribution in [0, 0.1) is 6.92 Å². The van der Waals surface area contributed by atoms with E-state index in [2.05, 4.69) is 4.98 Å². The zero-order chi connectivity index (χ0) is 16.1. The molecule has 0 saturated carbocycles. The Morgan fingerprint density at radius 2 is 2.14 bits per heavy atom. The smallest absolute Gasteiger partial charge is 0.271 e. The lowest BCUT2D eigenvalue weighted by Gasteiger charge is -2.21. The first-order valence-corrected chi connectivity index (χ1v) is 8.34. The van der Waals surface area contributed by atoms with Crippen LogP contribution in [-0.2, 0) is 0 Å². The molecule has 7 heteroatoms. The second kappa shape index (κ2) is 7.51. The summed E-state index contributed by atoms with van der Waals surface area (Å²) in [7, 11) is 0. The molecule has 1 N–H and O–H groups in total. The van der Waals surface area contributed by atoms with Gasteiger partial charge in [0.2, 0.25) is 0 Å². The van der Waals surface area contributed by atoms with Gasteiger partial charge in [-0.3, -0.25) is 14.0 Å². The number of fused-ring (bicyclic) bond motifs is 1. The SMILES string of the molecule is CCCCN(CCCO)C(=O)c1cnc2scc(C)n2c1=O. The maximum absolute atomic E-state index is 12.6. The number of aliphatic hydroxyl groups is 1. The van der Waals surface area contributed by atoms with Gasteiger partial charge in [-0.25, -0.2) is 4.98 Å². The number of hydrogen-bond donors (Lipinski definition) is 1. The van der Waals surface area contributed by atoms with E-state index in [4.69, 9.17) is 5.11 Å². The quantitative estimate of drug-likeness (QED) is 0.841. The molecule has 22 heavy (non-hydrogen) atoms. The molecule has 0 atom stereocenters. The number of aryl methyl sites for hydroxylation is 1. The number of aromatic nitrogens is 2. The van der Waals surface area contributed by atoms with Crippen molar-refractivity contribution in [3.63, 3.8) is 0 Å². The van der Waals surface area contributed by atoms with Gasteiger partial charge in [-0.15, -0.1) is 11.3 Å². The highest BCUT2D eigenvalue weighted by atomic mass is 32.1. The summed E-state index contributed by atoms with van der Waals surface area (Å²) in [6, 6.07) is 0. The Morgan fingerprint density at radius 1 is 1.41 bits per heavy atom. The van der Waals surface area contributed by atoms with Crippen LogP contribution in [0.4, 0.5) is 0 Å². The third-order valence-corrected chi connectivity index (χ3v) is 4.46. The highest BCUT2D eigenvalue weighted by molar-refractivity contribution is 7.15. The van der Waals surface area contributed by atoms with Crippen LogP contribution in [-0.4, -0.2) is 45.0 Å². The van der Waals surface area contributed by atoms with Crippen LogP contribution in [0.15, 0.2) is 16.4 Å². The minimum atomic E-state index is -0.320. The van der Waals surface area contributed by atoms with E-state index in [0.29, 0.717) is 24.5 Å². The van der Waals surface area contributed by atoms with Crippen LogP contribution >= 0.6 is 11.3 Å². The summed E-state index contributed by atoms with van der Waals surface area (Å²) in [6.07, 6.45) is 3.70. The molecule has 0 aliphatic rings. The highest BCUT2D eigenvalue weighted by Gasteiger charge is 2.20. The van der Waals surface area contributed by atoms with Gasteiger partial charge in [0, 0.05) is 37.0 Å². The summed E-state index contributed by atoms with van der Waals surface area (Å²) in [5, 5.41) is 10.8. The molecule has 0 spiro atoms. The number of unbranched alkanes of at least 4 members (excludes halogenated alkanes) is 1. The van der Waals surface area contributed by atoms with Crippen molar-refractivity contribution in [2.45, 2.75) is 33.1 Å². The number of amides is 1. The lowest BCUT2D eigenvalue weighted by atomic mass is 10.2. The molecule has 2 aromatic rings. The van der Waals surface area contributed by atoms with Crippen molar-refractivity contribution in [1.29, 1.82) is 0 Å². The van der Waals surface area contributed by atoms with Crippen molar-refractivity contribution in [3.8, 4) is 0 Å². The number of aliphatic hydroxyl groups excluding tert-OH is 1. The molecule has 0 unspecified atom stereocenters. The molecule has 0 aliphatic heterocycles. The fourth-order valence-corrected chi connectivity index (χ4v) is 3.09. The van der Waals surface area contributed by atoms with E-state index in [0.717, 1.165) is 18.5 Å². The van der Waals surface area contributed by atoms with Gasteiger partial charge in [-0.2, -0.15) is 0 Å². The predicted octanol–water partition coefficient (Wildman–Crippen LogP) is 1.69. The maximum Gasteiger partial charge on any atom is 0.271 e. The minimum Gasteiger partial charge on any atom is -0.396 e. The second-order valence-electron chi connectivity index (χ2n) is 5.20. The van der Waals surface area contributed by atoms with Crippen LogP contribution in [0.3, 0.4) is 0 Å². The largest absolute Gasteiger partial charge is 0.396 e. The van der Waals surface area contributed by atoms with Crippen LogP contribution in [0.2, 0.25) is 0 Å². The molecule has 6 nitrogen and oxygen atoms in total. The fourth-order valence-electron chi connectivity index (χ4n) is 2.27. The summed E-state index contributed by atoms with van der Waals surface area (Å²) >= 11 is 1.38. The van der Waals surface area contributed by atoms with Crippen molar-refractivity contribution < 1.29 is 9.90 Å². The Bertz CT molecular complexity index is 700. The Kier molecular flexibility index (Phi) is 5.68. The maximum atomic E-state index is 12.6. The van der Waals surface area contributed by atoms with Crippen molar-refractivity contribution in [3.05, 3.63) is 33.2 Å². The summed E-state index contributed by atoms with van der Waals surface area (Å²) < 4.78 is 1.47. The molecule has 0 saturated heterocycles. The van der Waals surface area contributed by atoms with Crippen molar-refractivity contribution in [2.24, 2.45) is 0 Å². The van der Waals surface area contributed by atoms with Gasteiger partial charge in [0.25, 0.3) is 11.5 Å². The molecule has 0 aliphatic carbocycles. The van der Waals surface area contributed by atoms with Gasteiger partial charge in [-0.1, -0.05) is 13.3 Å². The third kappa shape index (κ3) is 3.36. The molecule has 0 bridgehead atoms. The van der Waals surface area contributed by atoms with Crippen LogP contribution in [0.5, 0.6) is 0 Å². The monoisotopic (exact) mass is 323 g/mol. The van der Waals surface area contributed by atoms with E-state index in [1.165, 1.54) is 21.9 Å². The lowest BCUT2D eigenvalue weighted by Crippen LogP contribution is -2.37. The minimum absolute atomic E-state index is 0.0236. The molecule has 120 valence electrons. The molecule has 2 aromatic heterocycles. The van der Waals surface area contributed by atoms with Gasteiger partial charge in [0.15, 0.2) is 4.96 Å². The fraction of sp³-hybridized carbons (Fsp3) is 0.533. The first-order valence-electron chi connectivity index (χ1n) is 7.46. The standard InChI is InChI=1S/C15H21N3O3S/c1-3-4-6-17(7-5-8-19)13(20)12-9-16-15-18(14(12)21)11(2)10-22-15/h9-10,19H,3-8H2,1-2H3. The predicted molar refractivity (Wildman–Crippen MR) is 86.6 cm³/mol. The molecule has 0 fully saturated rings. The Morgan fingerprint density at radius 3 is 2.82 bits per heavy atom. The topological polar surface area (TPSA) is 74.9 Å². The Hall–Kier alpha value is -1.73. The number of thiazole rings is 1. The average molecular weight is 323 g/mol. The Labute approximate surface area is 133 Å². The first kappa shape index (κ1) is 16.6. The van der Waals surface area contributed by atoms with E-state index in [1.807, 2.05) is 19.2 Å². The van der Waals surface area contributed by atoms with Crippen molar-refractivity contribution >= 4 is 22.2 Å². The van der Waals surface area contributed by atoms with Gasteiger partial charge >= 0.3 is 0 Å². The van der Waals surface area contributed by atoms with Crippen molar-refractivity contribution in [2.75, 3.05) is 19.7 Å². The number of rotatable bonds is 7. The first-order chi connectivity index (χ1) is 10.6. The van der Waals surface area contributed by atoms with Gasteiger partial charge in [0.05, 0.1) is 0 Å². The number of nitrogens with zero attached hydrogens (tertiary/aromatic N) is 3. The van der Waals surface area contributed by atoms with Crippen LogP contribution < -0.4 is 5.56 Å². The normalized spacial score (nSPS) is 11.0. The molecule has 2 rings (SSSR count). The zero-order valence-electron chi connectivity index (χ0n) is 12.9. The van der Waals surface area contributed by atoms with Crippen LogP contribution in [0.25, 0.3) is 4.96 Å². The number of carbonyl (C=O) groups excluding carboxylic acids is 1. The van der Waals surface area contributed by atoms with Gasteiger partial charge in [-0.05, 0) is 19.8 Å². The van der Waals surface area contributed by atoms with E-state index in [9.17, 15) is 9.59 Å².